The first-order chi connectivity index (χ1) is 8.66. The Labute approximate surface area is 123 Å². The summed E-state index contributed by atoms with van der Waals surface area (Å²) in [6.07, 6.45) is -0.758. The van der Waals surface area contributed by atoms with E-state index in [1.807, 2.05) is 0 Å². The van der Waals surface area contributed by atoms with E-state index in [1.165, 1.54) is 32.2 Å². The molecule has 3 N–H and O–H groups in total. The highest BCUT2D eigenvalue weighted by Crippen LogP contribution is 2.23. The van der Waals surface area contributed by atoms with Gasteiger partial charge in [-0.15, -0.1) is 0 Å². The first-order valence-corrected chi connectivity index (χ1v) is 7.62. The van der Waals surface area contributed by atoms with Gasteiger partial charge in [-0.3, -0.25) is 0 Å². The van der Waals surface area contributed by atoms with Crippen molar-refractivity contribution in [3.8, 4) is 0 Å². The van der Waals surface area contributed by atoms with Gasteiger partial charge in [-0.2, -0.15) is 4.31 Å². The lowest BCUT2D eigenvalue weighted by Crippen LogP contribution is -2.33. The summed E-state index contributed by atoms with van der Waals surface area (Å²) in [7, 11) is -2.31. The number of nitrogens with zero attached hydrogens (tertiary/aromatic N) is 1. The maximum Gasteiger partial charge on any atom is 0.242 e. The van der Waals surface area contributed by atoms with E-state index in [0.717, 1.165) is 4.31 Å². The lowest BCUT2D eigenvalue weighted by atomic mass is 10.2. The van der Waals surface area contributed by atoms with Gasteiger partial charge in [-0.25, -0.2) is 8.42 Å². The molecule has 1 unspecified atom stereocenters. The third-order valence-electron chi connectivity index (χ3n) is 2.44. The van der Waals surface area contributed by atoms with Gasteiger partial charge >= 0.3 is 0 Å². The van der Waals surface area contributed by atoms with Gasteiger partial charge in [0.05, 0.1) is 16.0 Å². The second kappa shape index (κ2) is 6.15. The van der Waals surface area contributed by atoms with Crippen LogP contribution in [0.1, 0.15) is 12.5 Å². The minimum absolute atomic E-state index is 0.00297. The average molecular weight is 323 g/mol. The predicted octanol–water partition coefficient (Wildman–Crippen LogP) is 0.976. The van der Waals surface area contributed by atoms with E-state index in [1.54, 1.807) is 0 Å². The maximum atomic E-state index is 12.2. The largest absolute Gasteiger partial charge is 0.392 e. The summed E-state index contributed by atoms with van der Waals surface area (Å²) in [4.78, 5) is 0.131. The molecule has 0 radical (unpaired) electrons. The molecule has 0 heterocycles. The van der Waals surface area contributed by atoms with Gasteiger partial charge in [0.1, 0.15) is 4.99 Å². The van der Waals surface area contributed by atoms with Crippen LogP contribution in [0.5, 0.6) is 0 Å². The number of likely N-dealkylation sites (N-methyl/N-ethyl adjacent to an activating group) is 1. The van der Waals surface area contributed by atoms with E-state index in [4.69, 9.17) is 29.6 Å². The van der Waals surface area contributed by atoms with Gasteiger partial charge in [0, 0.05) is 19.2 Å². The van der Waals surface area contributed by atoms with Crippen molar-refractivity contribution in [3.05, 3.63) is 28.8 Å². The summed E-state index contributed by atoms with van der Waals surface area (Å²) in [5, 5.41) is 9.42. The molecule has 5 nitrogen and oxygen atoms in total. The highest BCUT2D eigenvalue weighted by Gasteiger charge is 2.22. The van der Waals surface area contributed by atoms with E-state index in [-0.39, 0.29) is 21.5 Å². The number of sulfonamides is 1. The Balaban J connectivity index is 3.16. The van der Waals surface area contributed by atoms with Gasteiger partial charge in [0.15, 0.2) is 0 Å². The Morgan fingerprint density at radius 3 is 2.58 bits per heavy atom. The molecule has 0 spiro atoms. The number of halogens is 1. The van der Waals surface area contributed by atoms with Crippen LogP contribution < -0.4 is 5.73 Å². The minimum Gasteiger partial charge on any atom is -0.392 e. The van der Waals surface area contributed by atoms with Crippen LogP contribution in [0.25, 0.3) is 0 Å². The first kappa shape index (κ1) is 16.3. The number of aliphatic hydroxyl groups is 1. The molecule has 0 amide bonds. The number of thiocarbonyl (C=S) groups is 1. The van der Waals surface area contributed by atoms with Gasteiger partial charge in [-0.1, -0.05) is 23.8 Å². The molecule has 1 aromatic rings. The van der Waals surface area contributed by atoms with Crippen molar-refractivity contribution in [2.45, 2.75) is 17.9 Å². The summed E-state index contributed by atoms with van der Waals surface area (Å²) < 4.78 is 25.4. The van der Waals surface area contributed by atoms with Gasteiger partial charge in [0.25, 0.3) is 0 Å². The summed E-state index contributed by atoms with van der Waals surface area (Å²) in [6.45, 7) is 1.51. The molecular weight excluding hydrogens is 308 g/mol. The van der Waals surface area contributed by atoms with Crippen LogP contribution in [-0.2, 0) is 10.0 Å². The molecule has 1 rings (SSSR count). The molecule has 19 heavy (non-hydrogen) atoms. The molecule has 0 fully saturated rings. The van der Waals surface area contributed by atoms with Crippen LogP contribution in [0.15, 0.2) is 23.1 Å². The molecule has 0 bridgehead atoms. The zero-order chi connectivity index (χ0) is 14.8. The molecule has 0 aromatic heterocycles. The molecule has 8 heteroatoms. The number of rotatable bonds is 5. The third-order valence-corrected chi connectivity index (χ3v) is 4.79. The number of nitrogens with two attached hydrogens (primary N) is 1. The summed E-state index contributed by atoms with van der Waals surface area (Å²) in [5.41, 5.74) is 5.88. The van der Waals surface area contributed by atoms with Crippen molar-refractivity contribution in [3.63, 3.8) is 0 Å². The van der Waals surface area contributed by atoms with E-state index >= 15 is 0 Å². The SMILES string of the molecule is CC(O)CN(C)S(=O)(=O)c1ccc(C(N)=S)c(Cl)c1. The van der Waals surface area contributed by atoms with Crippen LogP contribution in [0.3, 0.4) is 0 Å². The van der Waals surface area contributed by atoms with Crippen LogP contribution in [0.2, 0.25) is 5.02 Å². The molecule has 0 aliphatic heterocycles. The molecule has 106 valence electrons. The van der Waals surface area contributed by atoms with Gasteiger partial charge in [-0.05, 0) is 25.1 Å². The molecule has 0 saturated carbocycles. The fourth-order valence-corrected chi connectivity index (χ4v) is 3.37. The summed E-state index contributed by atoms with van der Waals surface area (Å²) in [5.74, 6) is 0. The van der Waals surface area contributed by atoms with Crippen LogP contribution in [0, 0.1) is 0 Å². The van der Waals surface area contributed by atoms with Crippen molar-refractivity contribution in [1.29, 1.82) is 0 Å². The first-order valence-electron chi connectivity index (χ1n) is 5.40. The molecular formula is C11H15ClN2O3S2. The molecule has 1 aromatic carbocycles. The fraction of sp³-hybridized carbons (Fsp3) is 0.364. The zero-order valence-electron chi connectivity index (χ0n) is 10.5. The number of aliphatic hydroxyl groups excluding tert-OH is 1. The topological polar surface area (TPSA) is 83.6 Å². The Morgan fingerprint density at radius 1 is 1.58 bits per heavy atom. The second-order valence-corrected chi connectivity index (χ2v) is 7.03. The smallest absolute Gasteiger partial charge is 0.242 e. The molecule has 0 saturated heterocycles. The second-order valence-electron chi connectivity index (χ2n) is 4.14. The van der Waals surface area contributed by atoms with Crippen LogP contribution >= 0.6 is 23.8 Å². The Hall–Kier alpha value is -0.730. The van der Waals surface area contributed by atoms with Gasteiger partial charge in [0.2, 0.25) is 10.0 Å². The molecule has 0 aliphatic rings. The van der Waals surface area contributed by atoms with Crippen molar-refractivity contribution >= 4 is 38.8 Å². The summed E-state index contributed by atoms with van der Waals surface area (Å²) >= 11 is 10.7. The predicted molar refractivity (Wildman–Crippen MR) is 78.8 cm³/mol. The monoisotopic (exact) mass is 322 g/mol. The zero-order valence-corrected chi connectivity index (χ0v) is 12.9. The van der Waals surface area contributed by atoms with Crippen molar-refractivity contribution < 1.29 is 13.5 Å². The van der Waals surface area contributed by atoms with Crippen molar-refractivity contribution in [2.24, 2.45) is 5.73 Å². The lowest BCUT2D eigenvalue weighted by molar-refractivity contribution is 0.171. The van der Waals surface area contributed by atoms with Crippen LogP contribution in [-0.4, -0.2) is 42.5 Å². The van der Waals surface area contributed by atoms with Crippen LogP contribution in [0.4, 0.5) is 0 Å². The lowest BCUT2D eigenvalue weighted by Gasteiger charge is -2.19. The standard InChI is InChI=1S/C11H15ClN2O3S2/c1-7(15)6-14(2)19(16,17)8-3-4-9(11(13)18)10(12)5-8/h3-5,7,15H,6H2,1-2H3,(H2,13,18). The number of hydrogen-bond donors (Lipinski definition) is 2. The molecule has 1 atom stereocenters. The highest BCUT2D eigenvalue weighted by atomic mass is 35.5. The molecule has 0 aliphatic carbocycles. The van der Waals surface area contributed by atoms with Gasteiger partial charge < -0.3 is 10.8 Å². The quantitative estimate of drug-likeness (QED) is 0.789. The Kier molecular flexibility index (Phi) is 5.28. The number of hydrogen-bond acceptors (Lipinski definition) is 4. The minimum atomic E-state index is -3.69. The third kappa shape index (κ3) is 3.87. The van der Waals surface area contributed by atoms with Crippen molar-refractivity contribution in [2.75, 3.05) is 13.6 Å². The van der Waals surface area contributed by atoms with E-state index in [9.17, 15) is 13.5 Å². The number of benzene rings is 1. The average Bonchev–Trinajstić information content (AvgIpc) is 2.27. The summed E-state index contributed by atoms with van der Waals surface area (Å²) in [6, 6.07) is 4.14. The van der Waals surface area contributed by atoms with E-state index in [2.05, 4.69) is 0 Å². The van der Waals surface area contributed by atoms with E-state index in [0.29, 0.717) is 5.56 Å². The Bertz CT molecular complexity index is 588. The fourth-order valence-electron chi connectivity index (χ4n) is 1.51. The normalized spacial score (nSPS) is 13.5. The highest BCUT2D eigenvalue weighted by molar-refractivity contribution is 7.89. The van der Waals surface area contributed by atoms with E-state index < -0.39 is 16.1 Å². The Morgan fingerprint density at radius 2 is 2.16 bits per heavy atom. The maximum absolute atomic E-state index is 12.2. The van der Waals surface area contributed by atoms with Crippen molar-refractivity contribution in [1.82, 2.24) is 4.31 Å².